The van der Waals surface area contributed by atoms with E-state index in [4.69, 9.17) is 5.84 Å². The van der Waals surface area contributed by atoms with E-state index < -0.39 is 0 Å². The van der Waals surface area contributed by atoms with Gasteiger partial charge in [0.05, 0.1) is 0 Å². The molecule has 0 bridgehead atoms. The molecule has 0 aromatic carbocycles. The minimum absolute atomic E-state index is 0.260. The number of amides is 1. The van der Waals surface area contributed by atoms with E-state index in [1.54, 1.807) is 0 Å². The van der Waals surface area contributed by atoms with Crippen LogP contribution in [-0.4, -0.2) is 10.9 Å². The molecular formula is C17H31N3O. The van der Waals surface area contributed by atoms with Gasteiger partial charge in [-0.2, -0.15) is 0 Å². The molecule has 0 saturated carbocycles. The number of nitrogen functional groups attached to an aromatic ring is 1. The normalized spacial score (nSPS) is 10.8. The van der Waals surface area contributed by atoms with Crippen molar-refractivity contribution in [2.45, 2.75) is 77.6 Å². The lowest BCUT2D eigenvalue weighted by atomic mass is 10.0. The predicted octanol–water partition coefficient (Wildman–Crippen LogP) is 4.08. The van der Waals surface area contributed by atoms with Crippen molar-refractivity contribution in [3.05, 3.63) is 23.5 Å². The lowest BCUT2D eigenvalue weighted by Crippen LogP contribution is -2.30. The van der Waals surface area contributed by atoms with Crippen LogP contribution >= 0.6 is 0 Å². The Balaban J connectivity index is 1.97. The Kier molecular flexibility index (Phi) is 9.62. The Morgan fingerprint density at radius 1 is 1.05 bits per heavy atom. The highest BCUT2D eigenvalue weighted by molar-refractivity contribution is 5.92. The molecule has 0 fully saturated rings. The van der Waals surface area contributed by atoms with E-state index in [0.29, 0.717) is 5.69 Å². The molecule has 0 unspecified atom stereocenters. The summed E-state index contributed by atoms with van der Waals surface area (Å²) in [5.74, 6) is 4.84. The number of hydrogen-bond donors (Lipinski definition) is 3. The van der Waals surface area contributed by atoms with Gasteiger partial charge >= 0.3 is 0 Å². The maximum atomic E-state index is 11.3. The van der Waals surface area contributed by atoms with E-state index in [-0.39, 0.29) is 5.91 Å². The van der Waals surface area contributed by atoms with Crippen molar-refractivity contribution in [1.29, 1.82) is 0 Å². The van der Waals surface area contributed by atoms with Crippen LogP contribution in [0.25, 0.3) is 0 Å². The second-order valence-corrected chi connectivity index (χ2v) is 5.83. The molecule has 1 heterocycles. The largest absolute Gasteiger partial charge is 0.357 e. The zero-order valence-corrected chi connectivity index (χ0v) is 13.4. The van der Waals surface area contributed by atoms with Crippen molar-refractivity contribution in [2.24, 2.45) is 5.84 Å². The van der Waals surface area contributed by atoms with Crippen LogP contribution in [0.2, 0.25) is 0 Å². The van der Waals surface area contributed by atoms with Gasteiger partial charge in [0.2, 0.25) is 0 Å². The quantitative estimate of drug-likeness (QED) is 0.235. The number of aryl methyl sites for hydroxylation is 1. The number of unbranched alkanes of at least 4 members (excludes halogenated alkanes) is 9. The first-order valence-electron chi connectivity index (χ1n) is 8.46. The molecule has 0 aliphatic rings. The van der Waals surface area contributed by atoms with Gasteiger partial charge in [-0.3, -0.25) is 10.2 Å². The van der Waals surface area contributed by atoms with E-state index >= 15 is 0 Å². The summed E-state index contributed by atoms with van der Waals surface area (Å²) in [5.41, 5.74) is 3.86. The first kappa shape index (κ1) is 17.8. The van der Waals surface area contributed by atoms with Gasteiger partial charge in [-0.25, -0.2) is 5.84 Å². The number of nitrogens with two attached hydrogens (primary N) is 1. The Hall–Kier alpha value is -1.29. The number of nitrogens with one attached hydrogen (secondary N) is 2. The highest BCUT2D eigenvalue weighted by Gasteiger charge is 2.06. The number of aromatic amines is 1. The summed E-state index contributed by atoms with van der Waals surface area (Å²) >= 11 is 0. The van der Waals surface area contributed by atoms with Crippen molar-refractivity contribution >= 4 is 5.91 Å². The molecule has 1 aromatic heterocycles. The van der Waals surface area contributed by atoms with Crippen LogP contribution in [0.15, 0.2) is 12.3 Å². The van der Waals surface area contributed by atoms with E-state index in [1.165, 1.54) is 69.8 Å². The number of H-pyrrole nitrogens is 1. The number of aromatic nitrogens is 1. The Bertz CT molecular complexity index is 387. The second-order valence-electron chi connectivity index (χ2n) is 5.83. The third-order valence-corrected chi connectivity index (χ3v) is 3.94. The summed E-state index contributed by atoms with van der Waals surface area (Å²) < 4.78 is 0. The van der Waals surface area contributed by atoms with Gasteiger partial charge < -0.3 is 4.98 Å². The van der Waals surface area contributed by atoms with Crippen LogP contribution in [0.4, 0.5) is 0 Å². The van der Waals surface area contributed by atoms with E-state index in [0.717, 1.165) is 6.42 Å². The first-order valence-corrected chi connectivity index (χ1v) is 8.46. The van der Waals surface area contributed by atoms with Crippen molar-refractivity contribution in [3.63, 3.8) is 0 Å². The van der Waals surface area contributed by atoms with E-state index in [1.807, 2.05) is 12.3 Å². The van der Waals surface area contributed by atoms with E-state index in [2.05, 4.69) is 17.3 Å². The molecule has 4 N–H and O–H groups in total. The topological polar surface area (TPSA) is 70.9 Å². The van der Waals surface area contributed by atoms with Gasteiger partial charge in [-0.1, -0.05) is 64.7 Å². The standard InChI is InChI=1S/C17H31N3O/c1-2-3-4-5-6-7-8-9-10-11-12-15-13-16(19-14-15)17(21)20-18/h13-14,19H,2-12,18H2,1H3,(H,20,21). The molecule has 1 amide bonds. The number of hydrogen-bond acceptors (Lipinski definition) is 2. The molecule has 0 radical (unpaired) electrons. The van der Waals surface area contributed by atoms with Crippen LogP contribution in [0.5, 0.6) is 0 Å². The molecule has 4 nitrogen and oxygen atoms in total. The first-order chi connectivity index (χ1) is 10.3. The van der Waals surface area contributed by atoms with E-state index in [9.17, 15) is 4.79 Å². The molecule has 0 aliphatic carbocycles. The number of hydrazine groups is 1. The summed E-state index contributed by atoms with van der Waals surface area (Å²) in [7, 11) is 0. The summed E-state index contributed by atoms with van der Waals surface area (Å²) in [4.78, 5) is 14.3. The molecule has 1 aromatic rings. The third-order valence-electron chi connectivity index (χ3n) is 3.94. The third kappa shape index (κ3) is 7.90. The molecule has 0 aliphatic heterocycles. The number of rotatable bonds is 12. The second kappa shape index (κ2) is 11.4. The fourth-order valence-electron chi connectivity index (χ4n) is 2.61. The molecule has 21 heavy (non-hydrogen) atoms. The molecular weight excluding hydrogens is 262 g/mol. The Morgan fingerprint density at radius 3 is 2.19 bits per heavy atom. The lowest BCUT2D eigenvalue weighted by Gasteiger charge is -2.02. The van der Waals surface area contributed by atoms with Crippen LogP contribution < -0.4 is 11.3 Å². The molecule has 120 valence electrons. The maximum absolute atomic E-state index is 11.3. The Labute approximate surface area is 128 Å². The predicted molar refractivity (Wildman–Crippen MR) is 88.0 cm³/mol. The van der Waals surface area contributed by atoms with Crippen molar-refractivity contribution in [3.8, 4) is 0 Å². The fraction of sp³-hybridized carbons (Fsp3) is 0.706. The SMILES string of the molecule is CCCCCCCCCCCCc1c[nH]c(C(=O)NN)c1. The summed E-state index contributed by atoms with van der Waals surface area (Å²) in [6, 6.07) is 1.88. The average Bonchev–Trinajstić information content (AvgIpc) is 2.97. The van der Waals surface area contributed by atoms with Crippen molar-refractivity contribution in [1.82, 2.24) is 10.4 Å². The molecule has 0 spiro atoms. The van der Waals surface area contributed by atoms with Crippen LogP contribution in [0.1, 0.15) is 87.2 Å². The van der Waals surface area contributed by atoms with Gasteiger partial charge in [0.15, 0.2) is 0 Å². The zero-order chi connectivity index (χ0) is 15.3. The molecule has 0 saturated heterocycles. The smallest absolute Gasteiger partial charge is 0.281 e. The summed E-state index contributed by atoms with van der Waals surface area (Å²) in [5, 5.41) is 0. The lowest BCUT2D eigenvalue weighted by molar-refractivity contribution is 0.0949. The van der Waals surface area contributed by atoms with Crippen molar-refractivity contribution in [2.75, 3.05) is 0 Å². The van der Waals surface area contributed by atoms with Gasteiger partial charge in [0, 0.05) is 6.20 Å². The monoisotopic (exact) mass is 293 g/mol. The minimum atomic E-state index is -0.260. The van der Waals surface area contributed by atoms with Gasteiger partial charge in [-0.15, -0.1) is 0 Å². The van der Waals surface area contributed by atoms with Gasteiger partial charge in [0.25, 0.3) is 5.91 Å². The maximum Gasteiger partial charge on any atom is 0.281 e. The number of carbonyl (C=O) groups is 1. The molecule has 1 rings (SSSR count). The highest BCUT2D eigenvalue weighted by Crippen LogP contribution is 2.13. The van der Waals surface area contributed by atoms with Crippen LogP contribution in [-0.2, 0) is 6.42 Å². The van der Waals surface area contributed by atoms with Gasteiger partial charge in [0.1, 0.15) is 5.69 Å². The van der Waals surface area contributed by atoms with Gasteiger partial charge in [-0.05, 0) is 24.5 Å². The van der Waals surface area contributed by atoms with Crippen LogP contribution in [0, 0.1) is 0 Å². The van der Waals surface area contributed by atoms with Crippen LogP contribution in [0.3, 0.4) is 0 Å². The number of carbonyl (C=O) groups excluding carboxylic acids is 1. The minimum Gasteiger partial charge on any atom is -0.357 e. The average molecular weight is 293 g/mol. The van der Waals surface area contributed by atoms with Crippen molar-refractivity contribution < 1.29 is 4.79 Å². The zero-order valence-electron chi connectivity index (χ0n) is 13.4. The summed E-state index contributed by atoms with van der Waals surface area (Å²) in [6.45, 7) is 2.26. The summed E-state index contributed by atoms with van der Waals surface area (Å²) in [6.07, 6.45) is 16.4. The molecule has 4 heteroatoms. The molecule has 0 atom stereocenters. The fourth-order valence-corrected chi connectivity index (χ4v) is 2.61. The highest BCUT2D eigenvalue weighted by atomic mass is 16.2. The Morgan fingerprint density at radius 2 is 1.62 bits per heavy atom.